The van der Waals surface area contributed by atoms with Gasteiger partial charge in [-0.3, -0.25) is 25.7 Å². The molecule has 26 heavy (non-hydrogen) atoms. The third-order valence-corrected chi connectivity index (χ3v) is 4.37. The molecule has 3 rings (SSSR count). The molecule has 0 aliphatic carbocycles. The number of hydrogen-bond donors (Lipinski definition) is 1. The van der Waals surface area contributed by atoms with Gasteiger partial charge < -0.3 is 0 Å². The van der Waals surface area contributed by atoms with Gasteiger partial charge >= 0.3 is 5.69 Å². The summed E-state index contributed by atoms with van der Waals surface area (Å²) in [5.41, 5.74) is 2.69. The van der Waals surface area contributed by atoms with E-state index in [1.165, 1.54) is 12.1 Å². The molecule has 0 amide bonds. The van der Waals surface area contributed by atoms with Crippen LogP contribution >= 0.6 is 15.9 Å². The van der Waals surface area contributed by atoms with Crippen molar-refractivity contribution < 1.29 is 9.85 Å². The van der Waals surface area contributed by atoms with Crippen molar-refractivity contribution in [3.63, 3.8) is 0 Å². The molecule has 3 aromatic carbocycles. The lowest BCUT2D eigenvalue weighted by molar-refractivity contribution is -0.393. The second-order valence-corrected chi connectivity index (χ2v) is 6.12. The Labute approximate surface area is 155 Å². The normalized spacial score (nSPS) is 11.0. The molecule has 0 aliphatic heterocycles. The molecule has 0 fully saturated rings. The van der Waals surface area contributed by atoms with Gasteiger partial charge in [-0.1, -0.05) is 46.3 Å². The Hall–Kier alpha value is -3.33. The molecule has 0 radical (unpaired) electrons. The highest BCUT2D eigenvalue weighted by atomic mass is 79.9. The van der Waals surface area contributed by atoms with Crippen molar-refractivity contribution in [2.24, 2.45) is 5.10 Å². The Morgan fingerprint density at radius 1 is 0.962 bits per heavy atom. The van der Waals surface area contributed by atoms with E-state index in [1.54, 1.807) is 6.21 Å². The molecule has 130 valence electrons. The summed E-state index contributed by atoms with van der Waals surface area (Å²) >= 11 is 3.49. The Kier molecular flexibility index (Phi) is 4.90. The number of fused-ring (bicyclic) bond motifs is 1. The van der Waals surface area contributed by atoms with Crippen molar-refractivity contribution in [3.05, 3.63) is 84.9 Å². The predicted molar refractivity (Wildman–Crippen MR) is 103 cm³/mol. The standard InChI is InChI=1S/C17H11BrN4O4/c18-15-6-2-4-13-11(3-1-5-14(13)15)10-19-20-16-8-7-12(21(23)24)9-17(16)22(25)26/h1-10,20H. The van der Waals surface area contributed by atoms with E-state index >= 15 is 0 Å². The van der Waals surface area contributed by atoms with Crippen molar-refractivity contribution in [1.29, 1.82) is 0 Å². The molecule has 8 nitrogen and oxygen atoms in total. The van der Waals surface area contributed by atoms with Gasteiger partial charge in [0, 0.05) is 16.1 Å². The molecular weight excluding hydrogens is 404 g/mol. The summed E-state index contributed by atoms with van der Waals surface area (Å²) in [4.78, 5) is 20.5. The summed E-state index contributed by atoms with van der Waals surface area (Å²) in [5.74, 6) is 0. The topological polar surface area (TPSA) is 111 Å². The van der Waals surface area contributed by atoms with Gasteiger partial charge in [-0.25, -0.2) is 0 Å². The van der Waals surface area contributed by atoms with Gasteiger partial charge in [0.2, 0.25) is 0 Å². The van der Waals surface area contributed by atoms with Crippen LogP contribution in [-0.4, -0.2) is 16.1 Å². The van der Waals surface area contributed by atoms with Gasteiger partial charge in [-0.05, 0) is 22.9 Å². The first-order valence-corrected chi connectivity index (χ1v) is 8.16. The number of anilines is 1. The zero-order chi connectivity index (χ0) is 18.7. The third kappa shape index (κ3) is 3.52. The SMILES string of the molecule is O=[N+]([O-])c1ccc(NN=Cc2cccc3c(Br)cccc23)c([N+](=O)[O-])c1. The second kappa shape index (κ2) is 7.28. The van der Waals surface area contributed by atoms with Gasteiger partial charge in [-0.15, -0.1) is 0 Å². The summed E-state index contributed by atoms with van der Waals surface area (Å²) in [7, 11) is 0. The predicted octanol–water partition coefficient (Wildman–Crippen LogP) is 4.86. The maximum absolute atomic E-state index is 11.1. The summed E-state index contributed by atoms with van der Waals surface area (Å²) in [6.07, 6.45) is 1.54. The maximum Gasteiger partial charge on any atom is 0.301 e. The summed E-state index contributed by atoms with van der Waals surface area (Å²) in [6.45, 7) is 0. The minimum Gasteiger partial charge on any atom is -0.272 e. The Bertz CT molecular complexity index is 1050. The van der Waals surface area contributed by atoms with Crippen molar-refractivity contribution in [2.75, 3.05) is 5.43 Å². The molecule has 0 bridgehead atoms. The quantitative estimate of drug-likeness (QED) is 0.363. The molecule has 0 saturated heterocycles. The smallest absolute Gasteiger partial charge is 0.272 e. The van der Waals surface area contributed by atoms with Crippen LogP contribution in [0, 0.1) is 20.2 Å². The number of nitrogens with one attached hydrogen (secondary N) is 1. The first kappa shape index (κ1) is 17.5. The average molecular weight is 415 g/mol. The van der Waals surface area contributed by atoms with Crippen LogP contribution in [0.3, 0.4) is 0 Å². The summed E-state index contributed by atoms with van der Waals surface area (Å²) < 4.78 is 0.948. The highest BCUT2D eigenvalue weighted by Gasteiger charge is 2.19. The van der Waals surface area contributed by atoms with E-state index in [4.69, 9.17) is 0 Å². The number of nitrogens with zero attached hydrogens (tertiary/aromatic N) is 3. The fraction of sp³-hybridized carbons (Fsp3) is 0. The zero-order valence-corrected chi connectivity index (χ0v) is 14.7. The van der Waals surface area contributed by atoms with Crippen LogP contribution in [0.1, 0.15) is 5.56 Å². The summed E-state index contributed by atoms with van der Waals surface area (Å²) in [6, 6.07) is 14.8. The van der Waals surface area contributed by atoms with Crippen LogP contribution in [-0.2, 0) is 0 Å². The van der Waals surface area contributed by atoms with Gasteiger partial charge in [-0.2, -0.15) is 5.10 Å². The van der Waals surface area contributed by atoms with Crippen LogP contribution in [0.2, 0.25) is 0 Å². The molecule has 0 saturated carbocycles. The lowest BCUT2D eigenvalue weighted by atomic mass is 10.1. The number of halogens is 1. The minimum atomic E-state index is -0.695. The molecule has 3 aromatic rings. The summed E-state index contributed by atoms with van der Waals surface area (Å²) in [5, 5.41) is 27.9. The molecule has 1 N–H and O–H groups in total. The van der Waals surface area contributed by atoms with E-state index in [0.717, 1.165) is 26.9 Å². The molecule has 0 aliphatic rings. The van der Waals surface area contributed by atoms with E-state index in [1.807, 2.05) is 36.4 Å². The number of benzene rings is 3. The van der Waals surface area contributed by atoms with Crippen molar-refractivity contribution in [3.8, 4) is 0 Å². The highest BCUT2D eigenvalue weighted by Crippen LogP contribution is 2.29. The average Bonchev–Trinajstić information content (AvgIpc) is 2.62. The number of nitro benzene ring substituents is 2. The maximum atomic E-state index is 11.1. The second-order valence-electron chi connectivity index (χ2n) is 5.27. The minimum absolute atomic E-state index is 0.0678. The molecule has 9 heteroatoms. The molecule has 0 spiro atoms. The number of hydrazone groups is 1. The fourth-order valence-electron chi connectivity index (χ4n) is 2.46. The van der Waals surface area contributed by atoms with Crippen LogP contribution in [0.5, 0.6) is 0 Å². The van der Waals surface area contributed by atoms with Crippen LogP contribution in [0.4, 0.5) is 17.1 Å². The third-order valence-electron chi connectivity index (χ3n) is 3.68. The van der Waals surface area contributed by atoms with E-state index in [-0.39, 0.29) is 11.4 Å². The zero-order valence-electron chi connectivity index (χ0n) is 13.1. The van der Waals surface area contributed by atoms with Crippen molar-refractivity contribution >= 4 is 50.0 Å². The first-order chi connectivity index (χ1) is 12.5. The number of nitro groups is 2. The Balaban J connectivity index is 1.91. The van der Waals surface area contributed by atoms with E-state index < -0.39 is 15.5 Å². The van der Waals surface area contributed by atoms with Gasteiger partial charge in [0.05, 0.1) is 22.1 Å². The fourth-order valence-corrected chi connectivity index (χ4v) is 2.96. The molecule has 0 heterocycles. The van der Waals surface area contributed by atoms with E-state index in [2.05, 4.69) is 26.5 Å². The van der Waals surface area contributed by atoms with Gasteiger partial charge in [0.15, 0.2) is 0 Å². The van der Waals surface area contributed by atoms with Crippen molar-refractivity contribution in [2.45, 2.75) is 0 Å². The number of rotatable bonds is 5. The Morgan fingerprint density at radius 3 is 2.42 bits per heavy atom. The Morgan fingerprint density at radius 2 is 1.69 bits per heavy atom. The number of hydrogen-bond acceptors (Lipinski definition) is 6. The van der Waals surface area contributed by atoms with Crippen LogP contribution < -0.4 is 5.43 Å². The van der Waals surface area contributed by atoms with E-state index in [9.17, 15) is 20.2 Å². The van der Waals surface area contributed by atoms with Crippen LogP contribution in [0.15, 0.2) is 64.2 Å². The largest absolute Gasteiger partial charge is 0.301 e. The lowest BCUT2D eigenvalue weighted by Crippen LogP contribution is -1.99. The number of non-ortho nitro benzene ring substituents is 1. The van der Waals surface area contributed by atoms with Gasteiger partial charge in [0.25, 0.3) is 5.69 Å². The molecule has 0 atom stereocenters. The highest BCUT2D eigenvalue weighted by molar-refractivity contribution is 9.10. The lowest BCUT2D eigenvalue weighted by Gasteiger charge is -2.05. The van der Waals surface area contributed by atoms with Crippen LogP contribution in [0.25, 0.3) is 10.8 Å². The molecule has 0 unspecified atom stereocenters. The van der Waals surface area contributed by atoms with E-state index in [0.29, 0.717) is 0 Å². The van der Waals surface area contributed by atoms with Crippen molar-refractivity contribution in [1.82, 2.24) is 0 Å². The molecule has 0 aromatic heterocycles. The monoisotopic (exact) mass is 414 g/mol. The molecular formula is C17H11BrN4O4. The van der Waals surface area contributed by atoms with Gasteiger partial charge in [0.1, 0.15) is 5.69 Å². The first-order valence-electron chi connectivity index (χ1n) is 7.36.